The molecule has 0 heterocycles. The average molecular weight is 168 g/mol. The third-order valence-corrected chi connectivity index (χ3v) is 1.99. The summed E-state index contributed by atoms with van der Waals surface area (Å²) in [4.78, 5) is 0. The van der Waals surface area contributed by atoms with Gasteiger partial charge in [-0.1, -0.05) is 25.1 Å². The Kier molecular flexibility index (Phi) is 3.38. The first-order valence-corrected chi connectivity index (χ1v) is 5.20. The maximum absolute atomic E-state index is 5.46. The lowest BCUT2D eigenvalue weighted by Crippen LogP contribution is -1.85. The van der Waals surface area contributed by atoms with Gasteiger partial charge in [-0.3, -0.25) is 0 Å². The van der Waals surface area contributed by atoms with Gasteiger partial charge in [0.05, 0.1) is 8.81 Å². The zero-order valence-corrected chi connectivity index (χ0v) is 7.92. The van der Waals surface area contributed by atoms with Crippen LogP contribution in [0.15, 0.2) is 24.3 Å². The molecule has 0 bridgehead atoms. The molecule has 0 radical (unpaired) electrons. The molecule has 0 aromatic heterocycles. The van der Waals surface area contributed by atoms with Crippen molar-refractivity contribution in [1.82, 2.24) is 0 Å². The van der Waals surface area contributed by atoms with E-state index in [-0.39, 0.29) is 0 Å². The molecule has 11 heavy (non-hydrogen) atoms. The van der Waals surface area contributed by atoms with E-state index in [1.807, 2.05) is 24.9 Å². The molecule has 2 heteroatoms. The normalized spacial score (nSPS) is 10.7. The monoisotopic (exact) mass is 168 g/mol. The van der Waals surface area contributed by atoms with Gasteiger partial charge in [-0.25, -0.2) is 0 Å². The molecule has 0 saturated heterocycles. The van der Waals surface area contributed by atoms with Crippen LogP contribution in [0, 0.1) is 0 Å². The molecule has 1 nitrogen and oxygen atoms in total. The second-order valence-corrected chi connectivity index (χ2v) is 2.88. The van der Waals surface area contributed by atoms with Gasteiger partial charge in [-0.05, 0) is 24.7 Å². The van der Waals surface area contributed by atoms with Crippen molar-refractivity contribution in [3.8, 4) is 5.75 Å². The quantitative estimate of drug-likeness (QED) is 0.630. The maximum atomic E-state index is 5.46. The van der Waals surface area contributed by atoms with Gasteiger partial charge in [0.1, 0.15) is 5.75 Å². The molecule has 0 aliphatic carbocycles. The van der Waals surface area contributed by atoms with E-state index in [0.717, 1.165) is 12.2 Å². The molecule has 1 unspecified atom stereocenters. The van der Waals surface area contributed by atoms with Crippen LogP contribution in [0.5, 0.6) is 5.75 Å². The number of rotatable bonds is 3. The highest BCUT2D eigenvalue weighted by Crippen LogP contribution is 2.23. The van der Waals surface area contributed by atoms with Crippen molar-refractivity contribution in [2.45, 2.75) is 13.3 Å². The van der Waals surface area contributed by atoms with E-state index in [9.17, 15) is 0 Å². The van der Waals surface area contributed by atoms with Crippen LogP contribution >= 0.6 is 8.81 Å². The van der Waals surface area contributed by atoms with E-state index in [1.165, 1.54) is 5.56 Å². The van der Waals surface area contributed by atoms with Crippen LogP contribution in [0.2, 0.25) is 0 Å². The Morgan fingerprint density at radius 2 is 2.09 bits per heavy atom. The minimum atomic E-state index is 0.535. The molecule has 60 valence electrons. The third kappa shape index (κ3) is 2.20. The molecule has 1 aromatic carbocycles. The lowest BCUT2D eigenvalue weighted by atomic mass is 10.1. The van der Waals surface area contributed by atoms with Crippen LogP contribution in [0.3, 0.4) is 0 Å². The predicted octanol–water partition coefficient (Wildman–Crippen LogP) is 2.85. The summed E-state index contributed by atoms with van der Waals surface area (Å²) in [7, 11) is 0.535. The summed E-state index contributed by atoms with van der Waals surface area (Å²) in [5.41, 5.74) is 1.29. The molecular weight excluding hydrogens is 155 g/mol. The minimum absolute atomic E-state index is 0.535. The molecule has 0 aliphatic heterocycles. The fourth-order valence-electron chi connectivity index (χ4n) is 1.01. The van der Waals surface area contributed by atoms with Crippen molar-refractivity contribution >= 4 is 8.81 Å². The Labute approximate surface area is 69.6 Å². The lowest BCUT2D eigenvalue weighted by molar-refractivity contribution is 0.625. The Morgan fingerprint density at radius 1 is 1.36 bits per heavy atom. The molecule has 0 fully saturated rings. The Hall–Kier alpha value is -0.550. The van der Waals surface area contributed by atoms with Crippen LogP contribution < -0.4 is 4.52 Å². The van der Waals surface area contributed by atoms with Crippen molar-refractivity contribution in [2.24, 2.45) is 0 Å². The van der Waals surface area contributed by atoms with Crippen molar-refractivity contribution in [3.63, 3.8) is 0 Å². The molecule has 1 aromatic rings. The average Bonchev–Trinajstić information content (AvgIpc) is 2.06. The molecule has 0 N–H and O–H groups in total. The molecule has 1 atom stereocenters. The molecule has 0 saturated carbocycles. The third-order valence-electron chi connectivity index (χ3n) is 1.57. The number of para-hydroxylation sites is 1. The van der Waals surface area contributed by atoms with Crippen molar-refractivity contribution in [3.05, 3.63) is 29.8 Å². The largest absolute Gasteiger partial charge is 0.477 e. The number of aryl methyl sites for hydroxylation is 1. The van der Waals surface area contributed by atoms with E-state index in [2.05, 4.69) is 13.0 Å². The fraction of sp³-hybridized carbons (Fsp3) is 0.333. The molecule has 0 amide bonds. The standard InChI is InChI=1S/C9H13OP/c1-3-8-6-4-5-7-9(8)10-11-2/h4-7,11H,3H2,1-2H3. The highest BCUT2D eigenvalue weighted by atomic mass is 31.1. The Morgan fingerprint density at radius 3 is 2.73 bits per heavy atom. The summed E-state index contributed by atoms with van der Waals surface area (Å²) in [5, 5.41) is 0. The van der Waals surface area contributed by atoms with Gasteiger partial charge in [-0.15, -0.1) is 0 Å². The second kappa shape index (κ2) is 4.35. The van der Waals surface area contributed by atoms with Gasteiger partial charge in [0.25, 0.3) is 0 Å². The van der Waals surface area contributed by atoms with E-state index in [1.54, 1.807) is 0 Å². The van der Waals surface area contributed by atoms with E-state index in [0.29, 0.717) is 8.81 Å². The van der Waals surface area contributed by atoms with Crippen LogP contribution in [0.4, 0.5) is 0 Å². The highest BCUT2D eigenvalue weighted by Gasteiger charge is 1.97. The molecule has 1 rings (SSSR count). The van der Waals surface area contributed by atoms with Crippen LogP contribution in [0.1, 0.15) is 12.5 Å². The smallest absolute Gasteiger partial charge is 0.126 e. The van der Waals surface area contributed by atoms with Gasteiger partial charge >= 0.3 is 0 Å². The second-order valence-electron chi connectivity index (χ2n) is 2.27. The molecule has 0 spiro atoms. The first kappa shape index (κ1) is 8.55. The van der Waals surface area contributed by atoms with E-state index < -0.39 is 0 Å². The van der Waals surface area contributed by atoms with Crippen LogP contribution in [-0.4, -0.2) is 6.66 Å². The molecular formula is C9H13OP. The maximum Gasteiger partial charge on any atom is 0.126 e. The first-order chi connectivity index (χ1) is 5.38. The Balaban J connectivity index is 2.83. The topological polar surface area (TPSA) is 9.23 Å². The minimum Gasteiger partial charge on any atom is -0.477 e. The Bertz CT molecular complexity index is 223. The van der Waals surface area contributed by atoms with Crippen LogP contribution in [-0.2, 0) is 6.42 Å². The zero-order valence-electron chi connectivity index (χ0n) is 6.92. The zero-order chi connectivity index (χ0) is 8.10. The van der Waals surface area contributed by atoms with Gasteiger partial charge < -0.3 is 4.52 Å². The molecule has 0 aliphatic rings. The van der Waals surface area contributed by atoms with Crippen molar-refractivity contribution in [2.75, 3.05) is 6.66 Å². The summed E-state index contributed by atoms with van der Waals surface area (Å²) in [6, 6.07) is 8.18. The van der Waals surface area contributed by atoms with Gasteiger partial charge in [0.2, 0.25) is 0 Å². The number of hydrogen-bond acceptors (Lipinski definition) is 1. The fourth-order valence-corrected chi connectivity index (χ4v) is 1.42. The van der Waals surface area contributed by atoms with Crippen LogP contribution in [0.25, 0.3) is 0 Å². The van der Waals surface area contributed by atoms with Gasteiger partial charge in [-0.2, -0.15) is 0 Å². The summed E-state index contributed by atoms with van der Waals surface area (Å²) in [6.07, 6.45) is 1.04. The summed E-state index contributed by atoms with van der Waals surface area (Å²) < 4.78 is 5.46. The van der Waals surface area contributed by atoms with Gasteiger partial charge in [0.15, 0.2) is 0 Å². The van der Waals surface area contributed by atoms with E-state index >= 15 is 0 Å². The number of hydrogen-bond donors (Lipinski definition) is 0. The first-order valence-electron chi connectivity index (χ1n) is 3.80. The summed E-state index contributed by atoms with van der Waals surface area (Å²) in [5.74, 6) is 1.04. The number of benzene rings is 1. The lowest BCUT2D eigenvalue weighted by Gasteiger charge is -2.06. The van der Waals surface area contributed by atoms with Crippen molar-refractivity contribution in [1.29, 1.82) is 0 Å². The highest BCUT2D eigenvalue weighted by molar-refractivity contribution is 7.31. The van der Waals surface area contributed by atoms with Gasteiger partial charge in [0, 0.05) is 0 Å². The summed E-state index contributed by atoms with van der Waals surface area (Å²) >= 11 is 0. The van der Waals surface area contributed by atoms with Crippen molar-refractivity contribution < 1.29 is 4.52 Å². The SMILES string of the molecule is CCc1ccccc1OPC. The predicted molar refractivity (Wildman–Crippen MR) is 50.7 cm³/mol. The summed E-state index contributed by atoms with van der Waals surface area (Å²) in [6.45, 7) is 4.17. The van der Waals surface area contributed by atoms with E-state index in [4.69, 9.17) is 4.52 Å².